The highest BCUT2D eigenvalue weighted by molar-refractivity contribution is 6.54. The molecule has 1 heterocycles. The summed E-state index contributed by atoms with van der Waals surface area (Å²) in [5.41, 5.74) is 1.03. The van der Waals surface area contributed by atoms with Crippen LogP contribution in [0.3, 0.4) is 0 Å². The van der Waals surface area contributed by atoms with Gasteiger partial charge in [0.2, 0.25) is 0 Å². The maximum atomic E-state index is 13.4. The fourth-order valence-corrected chi connectivity index (χ4v) is 2.14. The zero-order valence-electron chi connectivity index (χ0n) is 9.57. The Balaban J connectivity index is 2.63. The molecule has 0 atom stereocenters. The van der Waals surface area contributed by atoms with Crippen LogP contribution >= 0.6 is 23.2 Å². The van der Waals surface area contributed by atoms with Crippen LogP contribution in [-0.4, -0.2) is 4.98 Å². The molecule has 0 N–H and O–H groups in total. The van der Waals surface area contributed by atoms with Crippen LogP contribution in [0, 0.1) is 17.1 Å². The van der Waals surface area contributed by atoms with Gasteiger partial charge in [-0.05, 0) is 12.1 Å². The first-order valence-corrected chi connectivity index (χ1v) is 6.05. The van der Waals surface area contributed by atoms with Crippen LogP contribution in [0.15, 0.2) is 42.7 Å². The highest BCUT2D eigenvalue weighted by Gasteiger charge is 2.14. The summed E-state index contributed by atoms with van der Waals surface area (Å²) in [7, 11) is 0. The van der Waals surface area contributed by atoms with Crippen LogP contribution in [0.5, 0.6) is 0 Å². The van der Waals surface area contributed by atoms with Gasteiger partial charge in [0.05, 0.1) is 15.6 Å². The number of aromatic nitrogens is 1. The third kappa shape index (κ3) is 2.76. The van der Waals surface area contributed by atoms with Crippen molar-refractivity contribution in [1.82, 2.24) is 4.98 Å². The van der Waals surface area contributed by atoms with E-state index in [1.165, 1.54) is 18.3 Å². The van der Waals surface area contributed by atoms with Crippen molar-refractivity contribution in [1.29, 1.82) is 5.26 Å². The predicted molar refractivity (Wildman–Crippen MR) is 73.9 cm³/mol. The highest BCUT2D eigenvalue weighted by Crippen LogP contribution is 2.34. The van der Waals surface area contributed by atoms with E-state index in [0.717, 1.165) is 0 Å². The van der Waals surface area contributed by atoms with Gasteiger partial charge in [0.15, 0.2) is 0 Å². The maximum Gasteiger partial charge on any atom is 0.142 e. The molecule has 0 aliphatic rings. The molecular formula is C14H7Cl2FN2. The minimum absolute atomic E-state index is 0.0972. The monoisotopic (exact) mass is 292 g/mol. The van der Waals surface area contributed by atoms with Crippen molar-refractivity contribution in [2.45, 2.75) is 0 Å². The molecule has 2 aromatic rings. The second-order valence-corrected chi connectivity index (χ2v) is 4.40. The quantitative estimate of drug-likeness (QED) is 0.764. The van der Waals surface area contributed by atoms with Crippen molar-refractivity contribution >= 4 is 33.8 Å². The number of benzene rings is 1. The Morgan fingerprint density at radius 2 is 2.05 bits per heavy atom. The van der Waals surface area contributed by atoms with Crippen molar-refractivity contribution in [3.63, 3.8) is 0 Å². The average molecular weight is 293 g/mol. The number of hydrogen-bond donors (Lipinski definition) is 0. The zero-order chi connectivity index (χ0) is 13.8. The van der Waals surface area contributed by atoms with Gasteiger partial charge < -0.3 is 0 Å². The van der Waals surface area contributed by atoms with Gasteiger partial charge in [0, 0.05) is 23.5 Å². The largest absolute Gasteiger partial charge is 0.264 e. The molecule has 2 nitrogen and oxygen atoms in total. The van der Waals surface area contributed by atoms with Crippen molar-refractivity contribution in [3.8, 4) is 6.07 Å². The van der Waals surface area contributed by atoms with E-state index in [-0.39, 0.29) is 21.2 Å². The zero-order valence-corrected chi connectivity index (χ0v) is 11.1. The van der Waals surface area contributed by atoms with Crippen LogP contribution < -0.4 is 0 Å². The van der Waals surface area contributed by atoms with Crippen LogP contribution in [0.2, 0.25) is 5.02 Å². The number of pyridine rings is 1. The molecule has 0 bridgehead atoms. The molecule has 0 aliphatic carbocycles. The molecule has 0 unspecified atom stereocenters. The van der Waals surface area contributed by atoms with E-state index in [2.05, 4.69) is 4.98 Å². The summed E-state index contributed by atoms with van der Waals surface area (Å²) in [6.45, 7) is 0. The minimum atomic E-state index is -0.583. The lowest BCUT2D eigenvalue weighted by molar-refractivity contribution is 0.628. The Morgan fingerprint density at radius 1 is 1.26 bits per heavy atom. The predicted octanol–water partition coefficient (Wildman–Crippen LogP) is 4.50. The normalized spacial score (nSPS) is 11.7. The molecular weight excluding hydrogens is 286 g/mol. The summed E-state index contributed by atoms with van der Waals surface area (Å²) in [4.78, 5) is 3.92. The van der Waals surface area contributed by atoms with Gasteiger partial charge in [-0.1, -0.05) is 41.4 Å². The Hall–Kier alpha value is -1.89. The summed E-state index contributed by atoms with van der Waals surface area (Å²) in [6, 6.07) is 9.64. The van der Waals surface area contributed by atoms with Gasteiger partial charge in [-0.2, -0.15) is 5.26 Å². The number of halogens is 3. The number of allylic oxidation sites excluding steroid dienone is 1. The summed E-state index contributed by atoms with van der Waals surface area (Å²) >= 11 is 12.0. The fraction of sp³-hybridized carbons (Fsp3) is 0. The van der Waals surface area contributed by atoms with Crippen LogP contribution in [-0.2, 0) is 0 Å². The minimum Gasteiger partial charge on any atom is -0.264 e. The maximum absolute atomic E-state index is 13.4. The molecule has 0 amide bonds. The Bertz CT molecular complexity index is 676. The molecule has 0 fully saturated rings. The van der Waals surface area contributed by atoms with E-state index in [1.54, 1.807) is 24.4 Å². The van der Waals surface area contributed by atoms with Gasteiger partial charge >= 0.3 is 0 Å². The molecule has 2 rings (SSSR count). The molecule has 1 aromatic carbocycles. The molecule has 0 spiro atoms. The molecule has 0 saturated heterocycles. The molecule has 19 heavy (non-hydrogen) atoms. The molecule has 0 radical (unpaired) electrons. The Kier molecular flexibility index (Phi) is 4.16. The van der Waals surface area contributed by atoms with Gasteiger partial charge in [-0.3, -0.25) is 4.98 Å². The first kappa shape index (κ1) is 13.5. The second kappa shape index (κ2) is 5.83. The van der Waals surface area contributed by atoms with Gasteiger partial charge in [0.1, 0.15) is 11.9 Å². The van der Waals surface area contributed by atoms with E-state index < -0.39 is 5.82 Å². The van der Waals surface area contributed by atoms with Crippen molar-refractivity contribution in [2.24, 2.45) is 0 Å². The number of nitriles is 1. The molecule has 0 aliphatic heterocycles. The van der Waals surface area contributed by atoms with Crippen molar-refractivity contribution in [3.05, 3.63) is 64.7 Å². The van der Waals surface area contributed by atoms with Crippen molar-refractivity contribution < 1.29 is 4.39 Å². The summed E-state index contributed by atoms with van der Waals surface area (Å²) in [5, 5.41) is 9.20. The van der Waals surface area contributed by atoms with Crippen molar-refractivity contribution in [2.75, 3.05) is 0 Å². The molecule has 94 valence electrons. The van der Waals surface area contributed by atoms with Gasteiger partial charge in [-0.15, -0.1) is 0 Å². The summed E-state index contributed by atoms with van der Waals surface area (Å²) in [6.07, 6.45) is 3.09. The third-order valence-electron chi connectivity index (χ3n) is 2.47. The number of hydrogen-bond acceptors (Lipinski definition) is 2. The van der Waals surface area contributed by atoms with E-state index in [9.17, 15) is 9.65 Å². The van der Waals surface area contributed by atoms with Gasteiger partial charge in [0.25, 0.3) is 0 Å². The van der Waals surface area contributed by atoms with Gasteiger partial charge in [-0.25, -0.2) is 4.39 Å². The smallest absolute Gasteiger partial charge is 0.142 e. The number of nitrogens with zero attached hydrogens (tertiary/aromatic N) is 2. The van der Waals surface area contributed by atoms with E-state index in [4.69, 9.17) is 23.2 Å². The van der Waals surface area contributed by atoms with Crippen LogP contribution in [0.1, 0.15) is 11.1 Å². The topological polar surface area (TPSA) is 36.7 Å². The highest BCUT2D eigenvalue weighted by atomic mass is 35.5. The lowest BCUT2D eigenvalue weighted by Gasteiger charge is -2.06. The standard InChI is InChI=1S/C14H7Cl2FN2/c15-13(10-4-1-5-12(17)14(10)16)11(7-18)9-3-2-6-19-8-9/h1-6,8H/b13-11+. The Labute approximate surface area is 119 Å². The molecule has 5 heteroatoms. The second-order valence-electron chi connectivity index (χ2n) is 3.64. The first-order chi connectivity index (χ1) is 9.15. The van der Waals surface area contributed by atoms with Crippen LogP contribution in [0.25, 0.3) is 10.6 Å². The van der Waals surface area contributed by atoms with E-state index in [1.807, 2.05) is 6.07 Å². The van der Waals surface area contributed by atoms with E-state index >= 15 is 0 Å². The Morgan fingerprint density at radius 3 is 2.68 bits per heavy atom. The third-order valence-corrected chi connectivity index (χ3v) is 3.25. The lowest BCUT2D eigenvalue weighted by Crippen LogP contribution is -1.90. The molecule has 0 saturated carbocycles. The van der Waals surface area contributed by atoms with Crippen LogP contribution in [0.4, 0.5) is 4.39 Å². The first-order valence-electron chi connectivity index (χ1n) is 5.29. The number of rotatable bonds is 2. The van der Waals surface area contributed by atoms with E-state index in [0.29, 0.717) is 5.56 Å². The molecule has 1 aromatic heterocycles. The average Bonchev–Trinajstić information content (AvgIpc) is 2.44. The fourth-order valence-electron chi connectivity index (χ4n) is 1.56. The summed E-state index contributed by atoms with van der Waals surface area (Å²) in [5.74, 6) is -0.583. The SMILES string of the molecule is N#C/C(=C(\Cl)c1cccc(F)c1Cl)c1cccnc1. The summed E-state index contributed by atoms with van der Waals surface area (Å²) < 4.78 is 13.4. The lowest BCUT2D eigenvalue weighted by atomic mass is 10.1.